The summed E-state index contributed by atoms with van der Waals surface area (Å²) in [5.74, 6) is 0.308. The fraction of sp³-hybridized carbons (Fsp3) is 0.0625. The summed E-state index contributed by atoms with van der Waals surface area (Å²) in [6.07, 6.45) is 3.61. The Hall–Kier alpha value is -2.55. The first-order valence-electron chi connectivity index (χ1n) is 6.18. The molecule has 19 heavy (non-hydrogen) atoms. The summed E-state index contributed by atoms with van der Waals surface area (Å²) in [6, 6.07) is 15.4. The molecule has 3 rings (SSSR count). The van der Waals surface area contributed by atoms with E-state index in [1.54, 1.807) is 12.3 Å². The Morgan fingerprint density at radius 3 is 2.63 bits per heavy atom. The molecule has 1 heterocycles. The SMILES string of the molecule is Oc1cccc2c(NCc3cccnc3)cccc12. The van der Waals surface area contributed by atoms with Gasteiger partial charge in [0.25, 0.3) is 0 Å². The average molecular weight is 250 g/mol. The summed E-state index contributed by atoms with van der Waals surface area (Å²) in [7, 11) is 0. The lowest BCUT2D eigenvalue weighted by molar-refractivity contribution is 0.481. The van der Waals surface area contributed by atoms with Crippen LogP contribution >= 0.6 is 0 Å². The maximum Gasteiger partial charge on any atom is 0.123 e. The van der Waals surface area contributed by atoms with Crippen LogP contribution in [0.2, 0.25) is 0 Å². The molecule has 3 nitrogen and oxygen atoms in total. The fourth-order valence-electron chi connectivity index (χ4n) is 2.15. The first-order valence-corrected chi connectivity index (χ1v) is 6.18. The quantitative estimate of drug-likeness (QED) is 0.747. The summed E-state index contributed by atoms with van der Waals surface area (Å²) < 4.78 is 0. The van der Waals surface area contributed by atoms with Crippen molar-refractivity contribution in [3.05, 3.63) is 66.5 Å². The third kappa shape index (κ3) is 2.36. The van der Waals surface area contributed by atoms with Crippen LogP contribution in [0, 0.1) is 0 Å². The largest absolute Gasteiger partial charge is 0.507 e. The van der Waals surface area contributed by atoms with Gasteiger partial charge in [-0.05, 0) is 23.8 Å². The van der Waals surface area contributed by atoms with E-state index in [1.165, 1.54) is 0 Å². The fourth-order valence-corrected chi connectivity index (χ4v) is 2.15. The molecule has 1 aromatic heterocycles. The van der Waals surface area contributed by atoms with E-state index in [0.717, 1.165) is 22.0 Å². The molecular weight excluding hydrogens is 236 g/mol. The lowest BCUT2D eigenvalue weighted by atomic mass is 10.1. The predicted molar refractivity (Wildman–Crippen MR) is 77.2 cm³/mol. The van der Waals surface area contributed by atoms with Crippen LogP contribution in [-0.4, -0.2) is 10.1 Å². The van der Waals surface area contributed by atoms with E-state index in [-0.39, 0.29) is 0 Å². The topological polar surface area (TPSA) is 45.1 Å². The van der Waals surface area contributed by atoms with Crippen molar-refractivity contribution in [2.24, 2.45) is 0 Å². The third-order valence-corrected chi connectivity index (χ3v) is 3.10. The van der Waals surface area contributed by atoms with Crippen LogP contribution in [0.1, 0.15) is 5.56 Å². The normalized spacial score (nSPS) is 10.5. The first-order chi connectivity index (χ1) is 9.34. The highest BCUT2D eigenvalue weighted by atomic mass is 16.3. The third-order valence-electron chi connectivity index (χ3n) is 3.10. The van der Waals surface area contributed by atoms with Gasteiger partial charge in [0.2, 0.25) is 0 Å². The van der Waals surface area contributed by atoms with Gasteiger partial charge in [-0.25, -0.2) is 0 Å². The number of pyridine rings is 1. The van der Waals surface area contributed by atoms with Gasteiger partial charge >= 0.3 is 0 Å². The number of fused-ring (bicyclic) bond motifs is 1. The lowest BCUT2D eigenvalue weighted by Crippen LogP contribution is -2.00. The van der Waals surface area contributed by atoms with Crippen molar-refractivity contribution >= 4 is 16.5 Å². The lowest BCUT2D eigenvalue weighted by Gasteiger charge is -2.10. The number of anilines is 1. The van der Waals surface area contributed by atoms with Crippen LogP contribution in [-0.2, 0) is 6.54 Å². The van der Waals surface area contributed by atoms with Crippen molar-refractivity contribution < 1.29 is 5.11 Å². The van der Waals surface area contributed by atoms with Gasteiger partial charge in [0.15, 0.2) is 0 Å². The highest BCUT2D eigenvalue weighted by Crippen LogP contribution is 2.29. The summed E-state index contributed by atoms with van der Waals surface area (Å²) >= 11 is 0. The summed E-state index contributed by atoms with van der Waals surface area (Å²) in [4.78, 5) is 4.09. The van der Waals surface area contributed by atoms with Crippen LogP contribution in [0.4, 0.5) is 5.69 Å². The Labute approximate surface area is 111 Å². The Morgan fingerprint density at radius 1 is 0.947 bits per heavy atom. The number of hydrogen-bond donors (Lipinski definition) is 2. The van der Waals surface area contributed by atoms with E-state index >= 15 is 0 Å². The number of benzene rings is 2. The standard InChI is InChI=1S/C16H14N2O/c19-16-8-2-5-13-14(16)6-1-7-15(13)18-11-12-4-3-9-17-10-12/h1-10,18-19H,11H2. The van der Waals surface area contributed by atoms with Crippen LogP contribution in [0.3, 0.4) is 0 Å². The van der Waals surface area contributed by atoms with Crippen LogP contribution in [0.5, 0.6) is 5.75 Å². The van der Waals surface area contributed by atoms with Gasteiger partial charge in [-0.15, -0.1) is 0 Å². The van der Waals surface area contributed by atoms with E-state index in [4.69, 9.17) is 0 Å². The molecule has 0 fully saturated rings. The maximum absolute atomic E-state index is 9.84. The zero-order chi connectivity index (χ0) is 13.1. The van der Waals surface area contributed by atoms with E-state index in [9.17, 15) is 5.11 Å². The molecule has 3 heteroatoms. The summed E-state index contributed by atoms with van der Waals surface area (Å²) in [5, 5.41) is 15.1. The highest BCUT2D eigenvalue weighted by Gasteiger charge is 2.03. The van der Waals surface area contributed by atoms with E-state index < -0.39 is 0 Å². The van der Waals surface area contributed by atoms with Gasteiger partial charge in [-0.3, -0.25) is 4.98 Å². The number of rotatable bonds is 3. The van der Waals surface area contributed by atoms with Gasteiger partial charge < -0.3 is 10.4 Å². The van der Waals surface area contributed by atoms with Crippen molar-refractivity contribution in [3.63, 3.8) is 0 Å². The minimum Gasteiger partial charge on any atom is -0.507 e. The van der Waals surface area contributed by atoms with E-state index in [2.05, 4.69) is 10.3 Å². The Kier molecular flexibility index (Phi) is 3.02. The molecule has 0 aliphatic heterocycles. The molecule has 0 saturated carbocycles. The molecule has 94 valence electrons. The number of hydrogen-bond acceptors (Lipinski definition) is 3. The average Bonchev–Trinajstić information content (AvgIpc) is 2.47. The number of aromatic nitrogens is 1. The molecule has 0 spiro atoms. The first kappa shape index (κ1) is 11.5. The maximum atomic E-state index is 9.84. The van der Waals surface area contributed by atoms with Crippen molar-refractivity contribution in [1.29, 1.82) is 0 Å². The zero-order valence-electron chi connectivity index (χ0n) is 10.4. The monoisotopic (exact) mass is 250 g/mol. The molecule has 0 radical (unpaired) electrons. The molecule has 0 amide bonds. The molecule has 2 N–H and O–H groups in total. The second-order valence-electron chi connectivity index (χ2n) is 4.39. The van der Waals surface area contributed by atoms with Gasteiger partial charge in [-0.2, -0.15) is 0 Å². The van der Waals surface area contributed by atoms with Gasteiger partial charge in [0.05, 0.1) is 0 Å². The number of aromatic hydroxyl groups is 1. The smallest absolute Gasteiger partial charge is 0.123 e. The Morgan fingerprint density at radius 2 is 1.79 bits per heavy atom. The van der Waals surface area contributed by atoms with Gasteiger partial charge in [0, 0.05) is 35.4 Å². The predicted octanol–water partition coefficient (Wildman–Crippen LogP) is 3.55. The van der Waals surface area contributed by atoms with Gasteiger partial charge in [0.1, 0.15) is 5.75 Å². The summed E-state index contributed by atoms with van der Waals surface area (Å²) in [5.41, 5.74) is 2.14. The number of nitrogens with one attached hydrogen (secondary N) is 1. The van der Waals surface area contributed by atoms with Crippen molar-refractivity contribution in [3.8, 4) is 5.75 Å². The molecule has 0 unspecified atom stereocenters. The van der Waals surface area contributed by atoms with Crippen molar-refractivity contribution in [2.45, 2.75) is 6.54 Å². The molecule has 0 atom stereocenters. The highest BCUT2D eigenvalue weighted by molar-refractivity contribution is 5.97. The second kappa shape index (κ2) is 4.98. The van der Waals surface area contributed by atoms with Crippen LogP contribution in [0.15, 0.2) is 60.9 Å². The molecule has 0 bridgehead atoms. The molecule has 0 aliphatic rings. The minimum atomic E-state index is 0.308. The molecule has 2 aromatic carbocycles. The Balaban J connectivity index is 1.91. The van der Waals surface area contributed by atoms with Crippen molar-refractivity contribution in [1.82, 2.24) is 4.98 Å². The minimum absolute atomic E-state index is 0.308. The number of phenolic OH excluding ortho intramolecular Hbond substituents is 1. The molecule has 3 aromatic rings. The molecule has 0 aliphatic carbocycles. The number of nitrogens with zero attached hydrogens (tertiary/aromatic N) is 1. The summed E-state index contributed by atoms with van der Waals surface area (Å²) in [6.45, 7) is 0.711. The zero-order valence-corrected chi connectivity index (χ0v) is 10.4. The van der Waals surface area contributed by atoms with Crippen molar-refractivity contribution in [2.75, 3.05) is 5.32 Å². The van der Waals surface area contributed by atoms with E-state index in [0.29, 0.717) is 12.3 Å². The molecule has 0 saturated heterocycles. The van der Waals surface area contributed by atoms with Gasteiger partial charge in [-0.1, -0.05) is 30.3 Å². The van der Waals surface area contributed by atoms with E-state index in [1.807, 2.05) is 48.7 Å². The second-order valence-corrected chi connectivity index (χ2v) is 4.39. The Bertz CT molecular complexity index is 695. The molecular formula is C16H14N2O. The van der Waals surface area contributed by atoms with Crippen LogP contribution < -0.4 is 5.32 Å². The van der Waals surface area contributed by atoms with Crippen LogP contribution in [0.25, 0.3) is 10.8 Å². The number of phenols is 1.